The summed E-state index contributed by atoms with van der Waals surface area (Å²) in [4.78, 5) is 13.2. The lowest BCUT2D eigenvalue weighted by Crippen LogP contribution is -2.44. The third kappa shape index (κ3) is 3.49. The van der Waals surface area contributed by atoms with Gasteiger partial charge < -0.3 is 14.8 Å². The second-order valence-corrected chi connectivity index (χ2v) is 6.41. The Labute approximate surface area is 131 Å². The highest BCUT2D eigenvalue weighted by Gasteiger charge is 2.26. The standard InChI is InChI=1S/C15H14ClNO3S/c16-14-6-5-10(21-14)7-8-17-15(18)13-9-19-11-3-1-2-4-12(11)20-13/h1-6,13H,7-9H2,(H,17,18)/t13-/m0/s1. The summed E-state index contributed by atoms with van der Waals surface area (Å²) in [5, 5.41) is 2.86. The summed E-state index contributed by atoms with van der Waals surface area (Å²) in [7, 11) is 0. The average Bonchev–Trinajstić information content (AvgIpc) is 2.92. The zero-order chi connectivity index (χ0) is 14.7. The Morgan fingerprint density at radius 2 is 2.10 bits per heavy atom. The maximum absolute atomic E-state index is 12.1. The molecule has 3 rings (SSSR count). The fraction of sp³-hybridized carbons (Fsp3) is 0.267. The van der Waals surface area contributed by atoms with Crippen LogP contribution >= 0.6 is 22.9 Å². The predicted octanol–water partition coefficient (Wildman–Crippen LogP) is 2.90. The summed E-state index contributed by atoms with van der Waals surface area (Å²) in [6.07, 6.45) is 0.152. The van der Waals surface area contributed by atoms with Crippen molar-refractivity contribution >= 4 is 28.8 Å². The number of rotatable bonds is 4. The van der Waals surface area contributed by atoms with E-state index in [1.165, 1.54) is 11.3 Å². The fourth-order valence-electron chi connectivity index (χ4n) is 2.06. The van der Waals surface area contributed by atoms with E-state index in [-0.39, 0.29) is 12.5 Å². The molecule has 1 N–H and O–H groups in total. The summed E-state index contributed by atoms with van der Waals surface area (Å²) in [5.41, 5.74) is 0. The Bertz CT molecular complexity index is 643. The minimum absolute atomic E-state index is 0.160. The topological polar surface area (TPSA) is 47.6 Å². The van der Waals surface area contributed by atoms with Gasteiger partial charge >= 0.3 is 0 Å². The highest BCUT2D eigenvalue weighted by atomic mass is 35.5. The van der Waals surface area contributed by atoms with Crippen molar-refractivity contribution < 1.29 is 14.3 Å². The van der Waals surface area contributed by atoms with Crippen LogP contribution in [0.4, 0.5) is 0 Å². The van der Waals surface area contributed by atoms with Gasteiger partial charge in [-0.3, -0.25) is 4.79 Å². The van der Waals surface area contributed by atoms with Gasteiger partial charge in [-0.25, -0.2) is 0 Å². The number of hydrogen-bond acceptors (Lipinski definition) is 4. The zero-order valence-corrected chi connectivity index (χ0v) is 12.7. The van der Waals surface area contributed by atoms with E-state index in [2.05, 4.69) is 5.32 Å². The Hall–Kier alpha value is -1.72. The predicted molar refractivity (Wildman–Crippen MR) is 82.4 cm³/mol. The van der Waals surface area contributed by atoms with Crippen molar-refractivity contribution in [2.45, 2.75) is 12.5 Å². The molecule has 0 fully saturated rings. The van der Waals surface area contributed by atoms with E-state index in [0.717, 1.165) is 15.6 Å². The van der Waals surface area contributed by atoms with Crippen LogP contribution in [0, 0.1) is 0 Å². The van der Waals surface area contributed by atoms with Crippen LogP contribution in [-0.4, -0.2) is 25.2 Å². The minimum atomic E-state index is -0.605. The van der Waals surface area contributed by atoms with Gasteiger partial charge in [0.1, 0.15) is 6.61 Å². The van der Waals surface area contributed by atoms with Crippen molar-refractivity contribution in [2.75, 3.05) is 13.2 Å². The second-order valence-electron chi connectivity index (χ2n) is 4.61. The Morgan fingerprint density at radius 1 is 1.29 bits per heavy atom. The average molecular weight is 324 g/mol. The quantitative estimate of drug-likeness (QED) is 0.941. The van der Waals surface area contributed by atoms with Crippen LogP contribution in [0.3, 0.4) is 0 Å². The molecule has 1 aliphatic heterocycles. The number of halogens is 1. The molecule has 110 valence electrons. The van der Waals surface area contributed by atoms with Gasteiger partial charge in [0.2, 0.25) is 6.10 Å². The number of fused-ring (bicyclic) bond motifs is 1. The van der Waals surface area contributed by atoms with Gasteiger partial charge in [0.15, 0.2) is 11.5 Å². The molecule has 0 bridgehead atoms. The Balaban J connectivity index is 1.50. The van der Waals surface area contributed by atoms with E-state index in [0.29, 0.717) is 18.0 Å². The monoisotopic (exact) mass is 323 g/mol. The first kappa shape index (κ1) is 14.2. The first-order chi connectivity index (χ1) is 10.2. The maximum atomic E-state index is 12.1. The number of benzene rings is 1. The molecule has 0 saturated heterocycles. The molecule has 0 radical (unpaired) electrons. The molecule has 0 spiro atoms. The number of para-hydroxylation sites is 2. The molecule has 1 aliphatic rings. The largest absolute Gasteiger partial charge is 0.485 e. The molecule has 0 saturated carbocycles. The highest BCUT2D eigenvalue weighted by molar-refractivity contribution is 7.16. The number of amides is 1. The van der Waals surface area contributed by atoms with Crippen LogP contribution in [0.1, 0.15) is 4.88 Å². The first-order valence-electron chi connectivity index (χ1n) is 6.63. The van der Waals surface area contributed by atoms with Crippen LogP contribution in [0.5, 0.6) is 11.5 Å². The third-order valence-corrected chi connectivity index (χ3v) is 4.39. The number of carbonyl (C=O) groups excluding carboxylic acids is 1. The van der Waals surface area contributed by atoms with Gasteiger partial charge in [-0.1, -0.05) is 23.7 Å². The Kier molecular flexibility index (Phi) is 4.31. The van der Waals surface area contributed by atoms with Gasteiger partial charge in [-0.05, 0) is 30.7 Å². The summed E-state index contributed by atoms with van der Waals surface area (Å²) >= 11 is 7.39. The molecule has 1 aromatic carbocycles. The molecule has 2 heterocycles. The van der Waals surface area contributed by atoms with Crippen molar-refractivity contribution in [3.63, 3.8) is 0 Å². The van der Waals surface area contributed by atoms with Gasteiger partial charge in [-0.2, -0.15) is 0 Å². The number of ether oxygens (including phenoxy) is 2. The van der Waals surface area contributed by atoms with Gasteiger partial charge in [0.25, 0.3) is 5.91 Å². The molecule has 1 aromatic heterocycles. The summed E-state index contributed by atoms with van der Waals surface area (Å²) in [6.45, 7) is 0.783. The van der Waals surface area contributed by atoms with Crippen LogP contribution in [-0.2, 0) is 11.2 Å². The van der Waals surface area contributed by atoms with Crippen molar-refractivity contribution in [1.82, 2.24) is 5.32 Å². The summed E-state index contributed by atoms with van der Waals surface area (Å²) < 4.78 is 11.9. The van der Waals surface area contributed by atoms with E-state index < -0.39 is 6.10 Å². The zero-order valence-electron chi connectivity index (χ0n) is 11.2. The van der Waals surface area contributed by atoms with Crippen molar-refractivity contribution in [2.24, 2.45) is 0 Å². The van der Waals surface area contributed by atoms with E-state index in [1.54, 1.807) is 6.07 Å². The SMILES string of the molecule is O=C(NCCc1ccc(Cl)s1)[C@@H]1COc2ccccc2O1. The van der Waals surface area contributed by atoms with Gasteiger partial charge in [0.05, 0.1) is 4.34 Å². The van der Waals surface area contributed by atoms with Crippen LogP contribution in [0.15, 0.2) is 36.4 Å². The molecule has 0 unspecified atom stereocenters. The molecular weight excluding hydrogens is 310 g/mol. The van der Waals surface area contributed by atoms with E-state index in [1.807, 2.05) is 30.3 Å². The van der Waals surface area contributed by atoms with Crippen molar-refractivity contribution in [3.05, 3.63) is 45.6 Å². The molecule has 2 aromatic rings. The third-order valence-electron chi connectivity index (χ3n) is 3.10. The molecule has 1 atom stereocenters. The van der Waals surface area contributed by atoms with Gasteiger partial charge in [0, 0.05) is 11.4 Å². The van der Waals surface area contributed by atoms with Crippen molar-refractivity contribution in [1.29, 1.82) is 0 Å². The normalized spacial score (nSPS) is 16.5. The van der Waals surface area contributed by atoms with Crippen LogP contribution in [0.25, 0.3) is 0 Å². The molecule has 21 heavy (non-hydrogen) atoms. The van der Waals surface area contributed by atoms with Crippen LogP contribution in [0.2, 0.25) is 4.34 Å². The highest BCUT2D eigenvalue weighted by Crippen LogP contribution is 2.30. The summed E-state index contributed by atoms with van der Waals surface area (Å²) in [6, 6.07) is 11.2. The molecular formula is C15H14ClNO3S. The lowest BCUT2D eigenvalue weighted by atomic mass is 10.2. The number of thiophene rings is 1. The Morgan fingerprint density at radius 3 is 2.86 bits per heavy atom. The minimum Gasteiger partial charge on any atom is -0.485 e. The van der Waals surface area contributed by atoms with Gasteiger partial charge in [-0.15, -0.1) is 11.3 Å². The molecule has 4 nitrogen and oxygen atoms in total. The number of carbonyl (C=O) groups is 1. The van der Waals surface area contributed by atoms with Crippen LogP contribution < -0.4 is 14.8 Å². The molecule has 6 heteroatoms. The molecule has 0 aliphatic carbocycles. The number of nitrogens with one attached hydrogen (secondary N) is 1. The lowest BCUT2D eigenvalue weighted by molar-refractivity contribution is -0.130. The lowest BCUT2D eigenvalue weighted by Gasteiger charge is -2.25. The fourth-order valence-corrected chi connectivity index (χ4v) is 3.14. The van der Waals surface area contributed by atoms with Crippen molar-refractivity contribution in [3.8, 4) is 11.5 Å². The van der Waals surface area contributed by atoms with E-state index in [9.17, 15) is 4.79 Å². The van der Waals surface area contributed by atoms with E-state index in [4.69, 9.17) is 21.1 Å². The smallest absolute Gasteiger partial charge is 0.264 e. The first-order valence-corrected chi connectivity index (χ1v) is 7.82. The van der Waals surface area contributed by atoms with E-state index >= 15 is 0 Å². The summed E-state index contributed by atoms with van der Waals surface area (Å²) in [5.74, 6) is 1.12. The second kappa shape index (κ2) is 6.37. The maximum Gasteiger partial charge on any atom is 0.264 e. The molecule has 1 amide bonds. The number of hydrogen-bond donors (Lipinski definition) is 1.